The van der Waals surface area contributed by atoms with Gasteiger partial charge in [-0.2, -0.15) is 9.57 Å². The molecule has 7 nitrogen and oxygen atoms in total. The highest BCUT2D eigenvalue weighted by molar-refractivity contribution is 7.89. The molecule has 8 heteroatoms. The molecule has 0 unspecified atom stereocenters. The van der Waals surface area contributed by atoms with Crippen molar-refractivity contribution in [3.8, 4) is 6.07 Å². The van der Waals surface area contributed by atoms with Gasteiger partial charge in [0.05, 0.1) is 16.1 Å². The first-order valence-corrected chi connectivity index (χ1v) is 15.3. The molecule has 0 amide bonds. The van der Waals surface area contributed by atoms with Gasteiger partial charge in [0.1, 0.15) is 6.07 Å². The third kappa shape index (κ3) is 5.81. The molecule has 5 rings (SSSR count). The monoisotopic (exact) mass is 553 g/mol. The van der Waals surface area contributed by atoms with Crippen molar-refractivity contribution in [2.45, 2.75) is 50.8 Å². The average molecular weight is 554 g/mol. The van der Waals surface area contributed by atoms with Gasteiger partial charge in [0, 0.05) is 53.8 Å². The first-order chi connectivity index (χ1) is 19.4. The van der Waals surface area contributed by atoms with E-state index >= 15 is 0 Å². The van der Waals surface area contributed by atoms with Crippen molar-refractivity contribution in [2.24, 2.45) is 5.92 Å². The van der Waals surface area contributed by atoms with Crippen molar-refractivity contribution in [1.82, 2.24) is 14.3 Å². The molecule has 206 valence electrons. The van der Waals surface area contributed by atoms with Crippen LogP contribution in [0, 0.1) is 24.2 Å². The van der Waals surface area contributed by atoms with E-state index in [1.165, 1.54) is 19.3 Å². The molecule has 0 aliphatic heterocycles. The number of anilines is 2. The number of H-pyrrole nitrogens is 1. The highest BCUT2D eigenvalue weighted by Crippen LogP contribution is 2.32. The number of aromatic nitrogens is 2. The summed E-state index contributed by atoms with van der Waals surface area (Å²) in [5, 5.41) is 14.3. The Bertz CT molecular complexity index is 1680. The lowest BCUT2D eigenvalue weighted by Gasteiger charge is -2.27. The van der Waals surface area contributed by atoms with E-state index < -0.39 is 10.0 Å². The summed E-state index contributed by atoms with van der Waals surface area (Å²) >= 11 is 0. The largest absolute Gasteiger partial charge is 0.361 e. The van der Waals surface area contributed by atoms with Crippen LogP contribution in [0.2, 0.25) is 0 Å². The molecule has 2 aromatic heterocycles. The Morgan fingerprint density at radius 2 is 2.02 bits per heavy atom. The Morgan fingerprint density at radius 3 is 2.77 bits per heavy atom. The fraction of sp³-hybridized carbons (Fsp3) is 0.312. The zero-order valence-corrected chi connectivity index (χ0v) is 23.8. The van der Waals surface area contributed by atoms with Crippen LogP contribution in [0.5, 0.6) is 0 Å². The number of nitrogens with zero attached hydrogens (tertiary/aromatic N) is 3. The van der Waals surface area contributed by atoms with Crippen LogP contribution in [-0.2, 0) is 10.0 Å². The zero-order chi connectivity index (χ0) is 28.1. The minimum Gasteiger partial charge on any atom is -0.361 e. The number of sulfonamides is 1. The van der Waals surface area contributed by atoms with Gasteiger partial charge in [-0.05, 0) is 67.1 Å². The van der Waals surface area contributed by atoms with E-state index in [0.717, 1.165) is 52.0 Å². The number of hydrogen-bond donors (Lipinski definition) is 2. The molecule has 1 aliphatic rings. The molecule has 1 fully saturated rings. The molecule has 1 aliphatic carbocycles. The van der Waals surface area contributed by atoms with E-state index in [0.29, 0.717) is 24.3 Å². The Labute approximate surface area is 236 Å². The number of rotatable bonds is 11. The number of aryl methyl sites for hydroxylation is 1. The molecule has 0 radical (unpaired) electrons. The molecule has 40 heavy (non-hydrogen) atoms. The summed E-state index contributed by atoms with van der Waals surface area (Å²) < 4.78 is 28.5. The topological polar surface area (TPSA) is 102 Å². The van der Waals surface area contributed by atoms with Crippen molar-refractivity contribution >= 4 is 44.5 Å². The van der Waals surface area contributed by atoms with Crippen molar-refractivity contribution in [3.63, 3.8) is 0 Å². The number of nitriles is 1. The summed E-state index contributed by atoms with van der Waals surface area (Å²) in [4.78, 5) is 7.77. The van der Waals surface area contributed by atoms with E-state index in [9.17, 15) is 13.7 Å². The van der Waals surface area contributed by atoms with Gasteiger partial charge in [-0.15, -0.1) is 0 Å². The molecule has 4 aromatic rings. The van der Waals surface area contributed by atoms with Crippen LogP contribution >= 0.6 is 0 Å². The summed E-state index contributed by atoms with van der Waals surface area (Å²) in [5.74, 6) is 0.767. The average Bonchev–Trinajstić information content (AvgIpc) is 3.43. The molecule has 0 atom stereocenters. The van der Waals surface area contributed by atoms with Gasteiger partial charge >= 0.3 is 0 Å². The minimum absolute atomic E-state index is 0.290. The maximum absolute atomic E-state index is 13.4. The minimum atomic E-state index is -3.59. The van der Waals surface area contributed by atoms with Crippen LogP contribution in [0.4, 0.5) is 11.4 Å². The van der Waals surface area contributed by atoms with Crippen LogP contribution in [0.25, 0.3) is 23.1 Å². The third-order valence-electron chi connectivity index (χ3n) is 7.91. The maximum Gasteiger partial charge on any atom is 0.243 e. The normalized spacial score (nSPS) is 14.1. The Morgan fingerprint density at radius 1 is 1.18 bits per heavy atom. The zero-order valence-electron chi connectivity index (χ0n) is 23.0. The van der Waals surface area contributed by atoms with Gasteiger partial charge < -0.3 is 10.3 Å². The van der Waals surface area contributed by atoms with Crippen molar-refractivity contribution in [3.05, 3.63) is 83.3 Å². The quantitative estimate of drug-likeness (QED) is 0.204. The summed E-state index contributed by atoms with van der Waals surface area (Å²) in [6, 6.07) is 15.3. The summed E-state index contributed by atoms with van der Waals surface area (Å²) in [6.45, 7) is 4.93. The summed E-state index contributed by atoms with van der Waals surface area (Å²) in [6.07, 6.45) is 14.7. The standard InChI is InChI=1S/C32H35N5O2S/c1-3-37(18-6-10-24-7-4-8-24)40(38,39)28-11-5-9-25(19-28)12-13-26-21-34-22-27(20-33)32(26)36-30-14-15-31-29(23(30)2)16-17-35-31/h5,9,11-17,19,21-22,24,35H,3-4,6-8,10,18H2,1-2H3,(H,34,36)/b13-12+. The SMILES string of the molecule is CCN(CCCC1CCC1)S(=O)(=O)c1cccc(/C=C/c2cncc(C#N)c2Nc2ccc3[nH]ccc3c2C)c1. The Hall–Kier alpha value is -3.93. The molecular formula is C32H35N5O2S. The lowest BCUT2D eigenvalue weighted by Crippen LogP contribution is -2.32. The number of benzene rings is 2. The predicted octanol–water partition coefficient (Wildman–Crippen LogP) is 7.25. The lowest BCUT2D eigenvalue weighted by atomic mass is 9.82. The second kappa shape index (κ2) is 12.1. The van der Waals surface area contributed by atoms with E-state index in [-0.39, 0.29) is 4.90 Å². The van der Waals surface area contributed by atoms with Crippen LogP contribution in [0.3, 0.4) is 0 Å². The van der Waals surface area contributed by atoms with E-state index in [1.54, 1.807) is 34.9 Å². The third-order valence-corrected chi connectivity index (χ3v) is 9.88. The lowest BCUT2D eigenvalue weighted by molar-refractivity contribution is 0.278. The maximum atomic E-state index is 13.4. The van der Waals surface area contributed by atoms with Gasteiger partial charge in [-0.1, -0.05) is 50.5 Å². The van der Waals surface area contributed by atoms with Gasteiger partial charge in [0.2, 0.25) is 10.0 Å². The highest BCUT2D eigenvalue weighted by atomic mass is 32.2. The number of nitrogens with one attached hydrogen (secondary N) is 2. The number of pyridine rings is 1. The van der Waals surface area contributed by atoms with Crippen LogP contribution < -0.4 is 5.32 Å². The van der Waals surface area contributed by atoms with Crippen molar-refractivity contribution in [2.75, 3.05) is 18.4 Å². The Kier molecular flexibility index (Phi) is 8.34. The highest BCUT2D eigenvalue weighted by Gasteiger charge is 2.24. The summed E-state index contributed by atoms with van der Waals surface area (Å²) in [7, 11) is -3.59. The molecule has 1 saturated carbocycles. The molecule has 0 bridgehead atoms. The second-order valence-corrected chi connectivity index (χ2v) is 12.3. The molecule has 0 saturated heterocycles. The van der Waals surface area contributed by atoms with Gasteiger partial charge in [0.25, 0.3) is 0 Å². The summed E-state index contributed by atoms with van der Waals surface area (Å²) in [5.41, 5.74) is 5.58. The fourth-order valence-corrected chi connectivity index (χ4v) is 6.82. The molecule has 2 N–H and O–H groups in total. The van der Waals surface area contributed by atoms with Crippen molar-refractivity contribution in [1.29, 1.82) is 5.26 Å². The molecule has 2 heterocycles. The molecule has 0 spiro atoms. The smallest absolute Gasteiger partial charge is 0.243 e. The van der Waals surface area contributed by atoms with Gasteiger partial charge in [-0.3, -0.25) is 4.98 Å². The van der Waals surface area contributed by atoms with Crippen LogP contribution in [0.15, 0.2) is 66.0 Å². The number of aromatic amines is 1. The predicted molar refractivity (Wildman–Crippen MR) is 162 cm³/mol. The Balaban J connectivity index is 1.38. The van der Waals surface area contributed by atoms with E-state index in [1.807, 2.05) is 56.5 Å². The van der Waals surface area contributed by atoms with Crippen LogP contribution in [-0.4, -0.2) is 35.8 Å². The molecule has 2 aromatic carbocycles. The van der Waals surface area contributed by atoms with Gasteiger partial charge in [0.15, 0.2) is 0 Å². The molecular weight excluding hydrogens is 518 g/mol. The first kappa shape index (κ1) is 27.6. The van der Waals surface area contributed by atoms with Crippen molar-refractivity contribution < 1.29 is 8.42 Å². The van der Waals surface area contributed by atoms with E-state index in [2.05, 4.69) is 21.4 Å². The second-order valence-electron chi connectivity index (χ2n) is 10.4. The van der Waals surface area contributed by atoms with Gasteiger partial charge in [-0.25, -0.2) is 8.42 Å². The number of hydrogen-bond acceptors (Lipinski definition) is 5. The fourth-order valence-electron chi connectivity index (χ4n) is 5.28. The first-order valence-electron chi connectivity index (χ1n) is 13.9. The van der Waals surface area contributed by atoms with Crippen LogP contribution in [0.1, 0.15) is 61.3 Å². The van der Waals surface area contributed by atoms with E-state index in [4.69, 9.17) is 0 Å². The number of fused-ring (bicyclic) bond motifs is 1.